The molecular weight excluding hydrogens is 362 g/mol. The molecule has 5 heteroatoms. The van der Waals surface area contributed by atoms with Crippen LogP contribution in [-0.4, -0.2) is 28.4 Å². The Labute approximate surface area is 172 Å². The van der Waals surface area contributed by atoms with E-state index in [1.807, 2.05) is 44.2 Å². The van der Waals surface area contributed by atoms with Crippen LogP contribution in [0.5, 0.6) is 0 Å². The van der Waals surface area contributed by atoms with Crippen LogP contribution < -0.4 is 10.6 Å². The average Bonchev–Trinajstić information content (AvgIpc) is 3.03. The molecule has 2 bridgehead atoms. The van der Waals surface area contributed by atoms with Gasteiger partial charge in [0.05, 0.1) is 0 Å². The number of nitrogens with zero attached hydrogens (tertiary/aromatic N) is 1. The maximum absolute atomic E-state index is 12.8. The molecular formula is C24H29N3O2. The number of aryl methyl sites for hydroxylation is 2. The van der Waals surface area contributed by atoms with Gasteiger partial charge in [-0.3, -0.25) is 14.6 Å². The van der Waals surface area contributed by atoms with Crippen molar-refractivity contribution in [3.8, 4) is 0 Å². The van der Waals surface area contributed by atoms with Crippen molar-refractivity contribution in [1.82, 2.24) is 15.6 Å². The number of amides is 2. The second-order valence-electron chi connectivity index (χ2n) is 8.80. The molecule has 2 aromatic rings. The minimum atomic E-state index is -0.170. The fourth-order valence-corrected chi connectivity index (χ4v) is 4.95. The molecule has 2 aliphatic rings. The third-order valence-electron chi connectivity index (χ3n) is 6.51. The molecule has 2 fully saturated rings. The normalized spacial score (nSPS) is 25.9. The van der Waals surface area contributed by atoms with E-state index in [9.17, 15) is 9.59 Å². The standard InChI is InChI=1S/C24H29N3O2/c1-16-5-3-6-18(13-16)22(28)26-20-7-4-11-24(12-10-19(20)14-24)27-23(29)21-9-8-17(2)15-25-21/h3,5-6,8-9,13,15,19-20H,4,7,10-12,14H2,1-2H3,(H,26,28)(H,27,29). The highest BCUT2D eigenvalue weighted by molar-refractivity contribution is 5.94. The van der Waals surface area contributed by atoms with E-state index in [1.165, 1.54) is 0 Å². The summed E-state index contributed by atoms with van der Waals surface area (Å²) in [5, 5.41) is 6.57. The molecule has 0 aliphatic heterocycles. The van der Waals surface area contributed by atoms with Gasteiger partial charge in [0, 0.05) is 23.3 Å². The molecule has 2 saturated carbocycles. The lowest BCUT2D eigenvalue weighted by Gasteiger charge is -2.29. The minimum Gasteiger partial charge on any atom is -0.349 e. The number of hydrogen-bond donors (Lipinski definition) is 2. The van der Waals surface area contributed by atoms with Crippen molar-refractivity contribution in [3.05, 3.63) is 65.0 Å². The first-order valence-electron chi connectivity index (χ1n) is 10.6. The third kappa shape index (κ3) is 4.34. The number of fused-ring (bicyclic) bond motifs is 2. The Morgan fingerprint density at radius 1 is 1.03 bits per heavy atom. The van der Waals surface area contributed by atoms with E-state index in [2.05, 4.69) is 15.6 Å². The fourth-order valence-electron chi connectivity index (χ4n) is 4.95. The van der Waals surface area contributed by atoms with Gasteiger partial charge >= 0.3 is 0 Å². The van der Waals surface area contributed by atoms with Gasteiger partial charge in [-0.05, 0) is 82.1 Å². The van der Waals surface area contributed by atoms with Gasteiger partial charge in [-0.1, -0.05) is 23.8 Å². The van der Waals surface area contributed by atoms with Crippen molar-refractivity contribution in [2.24, 2.45) is 5.92 Å². The molecule has 1 aromatic carbocycles. The first-order valence-corrected chi connectivity index (χ1v) is 10.6. The Balaban J connectivity index is 1.42. The highest BCUT2D eigenvalue weighted by Crippen LogP contribution is 2.44. The van der Waals surface area contributed by atoms with Crippen LogP contribution in [-0.2, 0) is 0 Å². The van der Waals surface area contributed by atoms with E-state index in [-0.39, 0.29) is 23.4 Å². The zero-order chi connectivity index (χ0) is 20.4. The summed E-state index contributed by atoms with van der Waals surface area (Å²) in [4.78, 5) is 29.8. The summed E-state index contributed by atoms with van der Waals surface area (Å²) in [7, 11) is 0. The van der Waals surface area contributed by atoms with Crippen LogP contribution in [0.4, 0.5) is 0 Å². The average molecular weight is 392 g/mol. The summed E-state index contributed by atoms with van der Waals surface area (Å²) in [6.07, 6.45) is 7.56. The van der Waals surface area contributed by atoms with E-state index >= 15 is 0 Å². The molecule has 5 nitrogen and oxygen atoms in total. The number of nitrogens with one attached hydrogen (secondary N) is 2. The second kappa shape index (κ2) is 7.97. The van der Waals surface area contributed by atoms with Crippen LogP contribution in [0, 0.1) is 19.8 Å². The number of carbonyl (C=O) groups excluding carboxylic acids is 2. The Bertz CT molecular complexity index is 909. The number of hydrogen-bond acceptors (Lipinski definition) is 3. The van der Waals surface area contributed by atoms with Crippen LogP contribution in [0.15, 0.2) is 42.6 Å². The Kier molecular flexibility index (Phi) is 5.39. The van der Waals surface area contributed by atoms with Crippen LogP contribution in [0.25, 0.3) is 0 Å². The van der Waals surface area contributed by atoms with E-state index < -0.39 is 0 Å². The molecule has 0 saturated heterocycles. The van der Waals surface area contributed by atoms with Gasteiger partial charge in [0.2, 0.25) is 0 Å². The van der Waals surface area contributed by atoms with Gasteiger partial charge in [0.25, 0.3) is 11.8 Å². The molecule has 0 radical (unpaired) electrons. The SMILES string of the molecule is Cc1ccc(C(=O)NC23CCCC(NC(=O)c4cccc(C)c4)C(CC2)C3)nc1. The zero-order valence-corrected chi connectivity index (χ0v) is 17.2. The van der Waals surface area contributed by atoms with Gasteiger partial charge in [-0.15, -0.1) is 0 Å². The molecule has 2 N–H and O–H groups in total. The highest BCUT2D eigenvalue weighted by atomic mass is 16.2. The molecule has 2 amide bonds. The van der Waals surface area contributed by atoms with Crippen molar-refractivity contribution in [2.75, 3.05) is 0 Å². The highest BCUT2D eigenvalue weighted by Gasteiger charge is 2.45. The molecule has 152 valence electrons. The van der Waals surface area contributed by atoms with E-state index in [0.717, 1.165) is 55.2 Å². The summed E-state index contributed by atoms with van der Waals surface area (Å²) < 4.78 is 0. The molecule has 1 heterocycles. The minimum absolute atomic E-state index is 0.00555. The monoisotopic (exact) mass is 391 g/mol. The smallest absolute Gasteiger partial charge is 0.270 e. The lowest BCUT2D eigenvalue weighted by atomic mass is 9.91. The Morgan fingerprint density at radius 3 is 2.66 bits per heavy atom. The molecule has 29 heavy (non-hydrogen) atoms. The predicted octanol–water partition coefficient (Wildman–Crippen LogP) is 3.95. The zero-order valence-electron chi connectivity index (χ0n) is 17.2. The molecule has 0 spiro atoms. The maximum Gasteiger partial charge on any atom is 0.270 e. The van der Waals surface area contributed by atoms with Gasteiger partial charge < -0.3 is 10.6 Å². The van der Waals surface area contributed by atoms with E-state index in [1.54, 1.807) is 12.3 Å². The van der Waals surface area contributed by atoms with Crippen molar-refractivity contribution in [1.29, 1.82) is 0 Å². The number of pyridine rings is 1. The fraction of sp³-hybridized carbons (Fsp3) is 0.458. The van der Waals surface area contributed by atoms with Crippen LogP contribution in [0.3, 0.4) is 0 Å². The largest absolute Gasteiger partial charge is 0.349 e. The molecule has 3 atom stereocenters. The summed E-state index contributed by atoms with van der Waals surface area (Å²) in [6.45, 7) is 3.96. The van der Waals surface area contributed by atoms with Crippen LogP contribution in [0.1, 0.15) is 70.5 Å². The lowest BCUT2D eigenvalue weighted by Crippen LogP contribution is -2.46. The van der Waals surface area contributed by atoms with E-state index in [4.69, 9.17) is 0 Å². The predicted molar refractivity (Wildman–Crippen MR) is 113 cm³/mol. The molecule has 4 rings (SSSR count). The number of benzene rings is 1. The Morgan fingerprint density at radius 2 is 1.90 bits per heavy atom. The number of rotatable bonds is 4. The molecule has 2 aliphatic carbocycles. The third-order valence-corrected chi connectivity index (χ3v) is 6.51. The van der Waals surface area contributed by atoms with Gasteiger partial charge in [-0.25, -0.2) is 0 Å². The first kappa shape index (κ1) is 19.6. The van der Waals surface area contributed by atoms with Crippen molar-refractivity contribution >= 4 is 11.8 Å². The summed E-state index contributed by atoms with van der Waals surface area (Å²) >= 11 is 0. The van der Waals surface area contributed by atoms with Crippen LogP contribution in [0.2, 0.25) is 0 Å². The number of aromatic nitrogens is 1. The Hall–Kier alpha value is -2.69. The summed E-state index contributed by atoms with van der Waals surface area (Å²) in [5.41, 5.74) is 3.16. The van der Waals surface area contributed by atoms with Crippen LogP contribution >= 0.6 is 0 Å². The first-order chi connectivity index (χ1) is 13.9. The summed E-state index contributed by atoms with van der Waals surface area (Å²) in [6, 6.07) is 11.6. The lowest BCUT2D eigenvalue weighted by molar-refractivity contribution is 0.0884. The molecule has 1 aromatic heterocycles. The van der Waals surface area contributed by atoms with Gasteiger partial charge in [0.1, 0.15) is 5.69 Å². The summed E-state index contributed by atoms with van der Waals surface area (Å²) in [5.74, 6) is 0.316. The van der Waals surface area contributed by atoms with Crippen molar-refractivity contribution < 1.29 is 9.59 Å². The van der Waals surface area contributed by atoms with Crippen molar-refractivity contribution in [2.45, 2.75) is 64.0 Å². The quantitative estimate of drug-likeness (QED) is 0.829. The van der Waals surface area contributed by atoms with E-state index in [0.29, 0.717) is 11.6 Å². The second-order valence-corrected chi connectivity index (χ2v) is 8.80. The van der Waals surface area contributed by atoms with Gasteiger partial charge in [-0.2, -0.15) is 0 Å². The maximum atomic E-state index is 12.8. The van der Waals surface area contributed by atoms with Gasteiger partial charge in [0.15, 0.2) is 0 Å². The van der Waals surface area contributed by atoms with Crippen molar-refractivity contribution in [3.63, 3.8) is 0 Å². The topological polar surface area (TPSA) is 71.1 Å². The number of carbonyl (C=O) groups is 2. The molecule has 3 unspecified atom stereocenters.